The van der Waals surface area contributed by atoms with Crippen LogP contribution in [0.25, 0.3) is 10.8 Å². The molecule has 1 saturated heterocycles. The second kappa shape index (κ2) is 9.71. The van der Waals surface area contributed by atoms with Gasteiger partial charge in [-0.3, -0.25) is 9.78 Å². The average molecular weight is 356 g/mol. The molecule has 0 saturated carbocycles. The Labute approximate surface area is 149 Å². The number of nitrogens with zero attached hydrogens (tertiary/aromatic N) is 1. The van der Waals surface area contributed by atoms with Gasteiger partial charge in [0.2, 0.25) is 0 Å². The normalized spacial score (nSPS) is 17.0. The van der Waals surface area contributed by atoms with E-state index in [9.17, 15) is 4.79 Å². The van der Waals surface area contributed by atoms with Crippen molar-refractivity contribution in [3.05, 3.63) is 42.2 Å². The smallest absolute Gasteiger partial charge is 0.270 e. The van der Waals surface area contributed by atoms with E-state index in [1.54, 1.807) is 6.20 Å². The summed E-state index contributed by atoms with van der Waals surface area (Å²) in [4.78, 5) is 16.6. The lowest BCUT2D eigenvalue weighted by atomic mass is 9.96. The van der Waals surface area contributed by atoms with Crippen molar-refractivity contribution in [1.29, 1.82) is 0 Å². The van der Waals surface area contributed by atoms with Crippen molar-refractivity contribution in [2.75, 3.05) is 19.6 Å². The van der Waals surface area contributed by atoms with Crippen molar-refractivity contribution < 1.29 is 4.79 Å². The summed E-state index contributed by atoms with van der Waals surface area (Å²) in [5, 5.41) is 8.38. The van der Waals surface area contributed by atoms with E-state index >= 15 is 0 Å². The molecule has 4 nitrogen and oxygen atoms in total. The van der Waals surface area contributed by atoms with E-state index in [0.29, 0.717) is 11.6 Å². The highest BCUT2D eigenvalue weighted by molar-refractivity contribution is 6.05. The topological polar surface area (TPSA) is 54.0 Å². The molecule has 2 aromatic rings. The van der Waals surface area contributed by atoms with Crippen molar-refractivity contribution in [2.45, 2.75) is 19.3 Å². The molecular weight excluding hydrogens is 333 g/mol. The van der Waals surface area contributed by atoms with Gasteiger partial charge in [0.15, 0.2) is 0 Å². The van der Waals surface area contributed by atoms with E-state index in [1.807, 2.05) is 30.3 Å². The summed E-state index contributed by atoms with van der Waals surface area (Å²) in [6.07, 6.45) is 5.23. The Balaban J connectivity index is 0.00000132. The SMILES string of the molecule is Cl.Cl.O=C(NCCC1CCCNC1)c1nccc2ccccc12. The summed E-state index contributed by atoms with van der Waals surface area (Å²) in [6.45, 7) is 2.92. The number of halogens is 2. The molecule has 0 spiro atoms. The van der Waals surface area contributed by atoms with Crippen LogP contribution in [-0.4, -0.2) is 30.5 Å². The molecule has 1 aliphatic rings. The Bertz CT molecular complexity index is 625. The van der Waals surface area contributed by atoms with Crippen molar-refractivity contribution in [3.63, 3.8) is 0 Å². The number of amides is 1. The monoisotopic (exact) mass is 355 g/mol. The molecule has 0 aliphatic carbocycles. The molecule has 6 heteroatoms. The van der Waals surface area contributed by atoms with E-state index in [2.05, 4.69) is 15.6 Å². The number of pyridine rings is 1. The fraction of sp³-hybridized carbons (Fsp3) is 0.412. The minimum atomic E-state index is -0.0735. The maximum Gasteiger partial charge on any atom is 0.270 e. The lowest BCUT2D eigenvalue weighted by Crippen LogP contribution is -2.33. The van der Waals surface area contributed by atoms with Crippen LogP contribution in [-0.2, 0) is 0 Å². The third-order valence-corrected chi connectivity index (χ3v) is 4.13. The Hall–Kier alpha value is -1.36. The van der Waals surface area contributed by atoms with Gasteiger partial charge in [0.1, 0.15) is 5.69 Å². The molecule has 1 amide bonds. The molecular formula is C17H23Cl2N3O. The third kappa shape index (κ3) is 5.06. The summed E-state index contributed by atoms with van der Waals surface area (Å²) in [5.74, 6) is 0.607. The summed E-state index contributed by atoms with van der Waals surface area (Å²) >= 11 is 0. The summed E-state index contributed by atoms with van der Waals surface area (Å²) in [6, 6.07) is 9.79. The van der Waals surface area contributed by atoms with Crippen molar-refractivity contribution in [2.24, 2.45) is 5.92 Å². The lowest BCUT2D eigenvalue weighted by Gasteiger charge is -2.22. The second-order valence-electron chi connectivity index (χ2n) is 5.64. The van der Waals surface area contributed by atoms with Gasteiger partial charge >= 0.3 is 0 Å². The number of nitrogens with one attached hydrogen (secondary N) is 2. The molecule has 2 heterocycles. The first-order valence-electron chi connectivity index (χ1n) is 7.67. The van der Waals surface area contributed by atoms with Gasteiger partial charge in [0.05, 0.1) is 0 Å². The number of hydrogen-bond acceptors (Lipinski definition) is 3. The van der Waals surface area contributed by atoms with E-state index in [1.165, 1.54) is 12.8 Å². The van der Waals surface area contributed by atoms with Crippen LogP contribution in [0.2, 0.25) is 0 Å². The minimum absolute atomic E-state index is 0. The molecule has 23 heavy (non-hydrogen) atoms. The Kier molecular flexibility index (Phi) is 8.31. The summed E-state index contributed by atoms with van der Waals surface area (Å²) in [5.41, 5.74) is 0.523. The largest absolute Gasteiger partial charge is 0.351 e. The number of piperidine rings is 1. The van der Waals surface area contributed by atoms with Gasteiger partial charge in [-0.2, -0.15) is 0 Å². The molecule has 0 bridgehead atoms. The van der Waals surface area contributed by atoms with E-state index in [4.69, 9.17) is 0 Å². The number of carbonyl (C=O) groups is 1. The second-order valence-corrected chi connectivity index (χ2v) is 5.64. The first-order valence-corrected chi connectivity index (χ1v) is 7.67. The van der Waals surface area contributed by atoms with Crippen LogP contribution in [0.3, 0.4) is 0 Å². The Morgan fingerprint density at radius 1 is 1.26 bits per heavy atom. The highest BCUT2D eigenvalue weighted by Gasteiger charge is 2.14. The zero-order chi connectivity index (χ0) is 14.5. The van der Waals surface area contributed by atoms with Crippen molar-refractivity contribution in [3.8, 4) is 0 Å². The van der Waals surface area contributed by atoms with Gasteiger partial charge in [0.25, 0.3) is 5.91 Å². The number of fused-ring (bicyclic) bond motifs is 1. The zero-order valence-electron chi connectivity index (χ0n) is 13.0. The molecule has 1 aromatic carbocycles. The lowest BCUT2D eigenvalue weighted by molar-refractivity contribution is 0.0947. The van der Waals surface area contributed by atoms with E-state index in [-0.39, 0.29) is 30.7 Å². The number of carbonyl (C=O) groups excluding carboxylic acids is 1. The standard InChI is InChI=1S/C17H21N3O.2ClH/c21-17(20-10-7-13-4-3-9-18-12-13)16-15-6-2-1-5-14(15)8-11-19-16;;/h1-2,5-6,8,11,13,18H,3-4,7,9-10,12H2,(H,20,21);2*1H. The average Bonchev–Trinajstić information content (AvgIpc) is 2.55. The summed E-state index contributed by atoms with van der Waals surface area (Å²) in [7, 11) is 0. The van der Waals surface area contributed by atoms with Crippen LogP contribution in [0.5, 0.6) is 0 Å². The van der Waals surface area contributed by atoms with Crippen molar-refractivity contribution >= 4 is 41.5 Å². The highest BCUT2D eigenvalue weighted by atomic mass is 35.5. The highest BCUT2D eigenvalue weighted by Crippen LogP contribution is 2.16. The predicted molar refractivity (Wildman–Crippen MR) is 98.8 cm³/mol. The van der Waals surface area contributed by atoms with Gasteiger partial charge in [-0.15, -0.1) is 24.8 Å². The van der Waals surface area contributed by atoms with Gasteiger partial charge in [0, 0.05) is 18.1 Å². The van der Waals surface area contributed by atoms with E-state index in [0.717, 1.165) is 36.8 Å². The molecule has 1 atom stereocenters. The Morgan fingerprint density at radius 2 is 2.09 bits per heavy atom. The molecule has 1 fully saturated rings. The fourth-order valence-corrected chi connectivity index (χ4v) is 2.94. The number of rotatable bonds is 4. The van der Waals surface area contributed by atoms with Crippen LogP contribution >= 0.6 is 24.8 Å². The Morgan fingerprint density at radius 3 is 2.87 bits per heavy atom. The molecule has 1 aliphatic heterocycles. The first kappa shape index (κ1) is 19.7. The molecule has 1 aromatic heterocycles. The van der Waals surface area contributed by atoms with Crippen LogP contribution in [0.15, 0.2) is 36.5 Å². The molecule has 3 rings (SSSR count). The third-order valence-electron chi connectivity index (χ3n) is 4.13. The maximum atomic E-state index is 12.3. The van der Waals surface area contributed by atoms with Crippen LogP contribution in [0, 0.1) is 5.92 Å². The molecule has 1 unspecified atom stereocenters. The first-order chi connectivity index (χ1) is 10.3. The predicted octanol–water partition coefficient (Wildman–Crippen LogP) is 3.20. The zero-order valence-corrected chi connectivity index (χ0v) is 14.6. The quantitative estimate of drug-likeness (QED) is 0.885. The molecule has 0 radical (unpaired) electrons. The van der Waals surface area contributed by atoms with Crippen molar-refractivity contribution in [1.82, 2.24) is 15.6 Å². The number of benzene rings is 1. The molecule has 126 valence electrons. The summed E-state index contributed by atoms with van der Waals surface area (Å²) < 4.78 is 0. The van der Waals surface area contributed by atoms with Crippen LogP contribution in [0.4, 0.5) is 0 Å². The number of aromatic nitrogens is 1. The minimum Gasteiger partial charge on any atom is -0.351 e. The fourth-order valence-electron chi connectivity index (χ4n) is 2.94. The maximum absolute atomic E-state index is 12.3. The number of hydrogen-bond donors (Lipinski definition) is 2. The van der Waals surface area contributed by atoms with Crippen LogP contribution in [0.1, 0.15) is 29.8 Å². The van der Waals surface area contributed by atoms with Gasteiger partial charge in [-0.25, -0.2) is 0 Å². The van der Waals surface area contributed by atoms with Gasteiger partial charge in [-0.1, -0.05) is 24.3 Å². The van der Waals surface area contributed by atoms with E-state index < -0.39 is 0 Å². The van der Waals surface area contributed by atoms with Gasteiger partial charge in [-0.05, 0) is 49.7 Å². The van der Waals surface area contributed by atoms with Crippen LogP contribution < -0.4 is 10.6 Å². The van der Waals surface area contributed by atoms with Gasteiger partial charge < -0.3 is 10.6 Å². The molecule has 2 N–H and O–H groups in total.